The molecule has 1 aliphatic heterocycles. The fourth-order valence-corrected chi connectivity index (χ4v) is 5.87. The number of sulfonamides is 1. The molecule has 10 nitrogen and oxygen atoms in total. The number of anilines is 2. The standard InChI is InChI=1S/C24H29N5O5S/c1-16(2)29-21-11-10-20(35(33,34)27-12-4-5-13-27)14-22(21)28(24(29)32)15-23(31)26-19-8-6-18(7-9-19)25-17(3)30/h6-11,14,16H,4-5,12-13,15H2,1-3H3,(H,25,30)(H,26,31). The van der Waals surface area contributed by atoms with E-state index in [0.29, 0.717) is 35.5 Å². The third-order valence-electron chi connectivity index (χ3n) is 5.94. The van der Waals surface area contributed by atoms with Gasteiger partial charge in [-0.1, -0.05) is 0 Å². The fraction of sp³-hybridized carbons (Fsp3) is 0.375. The summed E-state index contributed by atoms with van der Waals surface area (Å²) < 4.78 is 30.5. The normalized spacial score (nSPS) is 14.5. The van der Waals surface area contributed by atoms with Gasteiger partial charge in [0, 0.05) is 37.4 Å². The van der Waals surface area contributed by atoms with Crippen molar-refractivity contribution >= 4 is 44.2 Å². The molecule has 2 N–H and O–H groups in total. The van der Waals surface area contributed by atoms with Crippen LogP contribution in [0, 0.1) is 0 Å². The van der Waals surface area contributed by atoms with Gasteiger partial charge in [0.15, 0.2) is 0 Å². The van der Waals surface area contributed by atoms with Crippen molar-refractivity contribution in [2.24, 2.45) is 0 Å². The maximum Gasteiger partial charge on any atom is 0.329 e. The van der Waals surface area contributed by atoms with E-state index in [4.69, 9.17) is 0 Å². The highest BCUT2D eigenvalue weighted by molar-refractivity contribution is 7.89. The summed E-state index contributed by atoms with van der Waals surface area (Å²) in [6.07, 6.45) is 1.64. The molecule has 186 valence electrons. The molecule has 1 aromatic heterocycles. The molecule has 0 bridgehead atoms. The third kappa shape index (κ3) is 5.01. The lowest BCUT2D eigenvalue weighted by atomic mass is 10.2. The Balaban J connectivity index is 1.66. The number of carbonyl (C=O) groups excluding carboxylic acids is 2. The monoisotopic (exact) mass is 499 g/mol. The summed E-state index contributed by atoms with van der Waals surface area (Å²) in [4.78, 5) is 37.3. The number of fused-ring (bicyclic) bond motifs is 1. The minimum atomic E-state index is -3.68. The van der Waals surface area contributed by atoms with Crippen LogP contribution in [0.3, 0.4) is 0 Å². The second kappa shape index (κ2) is 9.67. The molecule has 1 saturated heterocycles. The van der Waals surface area contributed by atoms with E-state index in [1.807, 2.05) is 13.8 Å². The highest BCUT2D eigenvalue weighted by Crippen LogP contribution is 2.26. The van der Waals surface area contributed by atoms with Crippen LogP contribution >= 0.6 is 0 Å². The van der Waals surface area contributed by atoms with Crippen molar-refractivity contribution in [2.75, 3.05) is 23.7 Å². The number of hydrogen-bond donors (Lipinski definition) is 2. The summed E-state index contributed by atoms with van der Waals surface area (Å²) in [6.45, 7) is 5.79. The molecule has 2 amide bonds. The molecule has 2 heterocycles. The second-order valence-corrected chi connectivity index (χ2v) is 10.8. The van der Waals surface area contributed by atoms with Crippen molar-refractivity contribution in [1.82, 2.24) is 13.4 Å². The lowest BCUT2D eigenvalue weighted by Gasteiger charge is -2.16. The first-order chi connectivity index (χ1) is 16.6. The van der Waals surface area contributed by atoms with E-state index in [0.717, 1.165) is 12.8 Å². The molecule has 0 unspecified atom stereocenters. The van der Waals surface area contributed by atoms with Gasteiger partial charge in [-0.05, 0) is 69.2 Å². The Hall–Kier alpha value is -3.44. The van der Waals surface area contributed by atoms with Crippen molar-refractivity contribution in [3.05, 3.63) is 52.9 Å². The van der Waals surface area contributed by atoms with Crippen LogP contribution in [0.1, 0.15) is 39.7 Å². The number of amides is 2. The summed E-state index contributed by atoms with van der Waals surface area (Å²) in [5, 5.41) is 5.40. The van der Waals surface area contributed by atoms with Crippen LogP contribution in [0.5, 0.6) is 0 Å². The third-order valence-corrected chi connectivity index (χ3v) is 7.84. The maximum atomic E-state index is 13.2. The van der Waals surface area contributed by atoms with Crippen LogP contribution in [0.4, 0.5) is 11.4 Å². The Morgan fingerprint density at radius 1 is 0.943 bits per heavy atom. The number of rotatable bonds is 7. The van der Waals surface area contributed by atoms with Gasteiger partial charge >= 0.3 is 5.69 Å². The van der Waals surface area contributed by atoms with Crippen molar-refractivity contribution < 1.29 is 18.0 Å². The number of imidazole rings is 1. The lowest BCUT2D eigenvalue weighted by molar-refractivity contribution is -0.117. The largest absolute Gasteiger partial charge is 0.329 e. The minimum Gasteiger partial charge on any atom is -0.326 e. The molecule has 11 heteroatoms. The van der Waals surface area contributed by atoms with Crippen molar-refractivity contribution in [3.63, 3.8) is 0 Å². The molecule has 3 aromatic rings. The van der Waals surface area contributed by atoms with Gasteiger partial charge in [0.05, 0.1) is 15.9 Å². The summed E-state index contributed by atoms with van der Waals surface area (Å²) in [7, 11) is -3.68. The lowest BCUT2D eigenvalue weighted by Crippen LogP contribution is -2.30. The van der Waals surface area contributed by atoms with Crippen LogP contribution in [-0.4, -0.2) is 46.8 Å². The molecule has 4 rings (SSSR count). The van der Waals surface area contributed by atoms with Gasteiger partial charge in [-0.25, -0.2) is 13.2 Å². The molecule has 0 aliphatic carbocycles. The van der Waals surface area contributed by atoms with E-state index in [2.05, 4.69) is 10.6 Å². The SMILES string of the molecule is CC(=O)Nc1ccc(NC(=O)Cn2c(=O)n(C(C)C)c3ccc(S(=O)(=O)N4CCCC4)cc32)cc1. The Morgan fingerprint density at radius 3 is 2.11 bits per heavy atom. The van der Waals surface area contributed by atoms with Crippen molar-refractivity contribution in [1.29, 1.82) is 0 Å². The summed E-state index contributed by atoms with van der Waals surface area (Å²) in [6, 6.07) is 11.1. The number of carbonyl (C=O) groups is 2. The van der Waals surface area contributed by atoms with Gasteiger partial charge in [0.1, 0.15) is 6.54 Å². The van der Waals surface area contributed by atoms with E-state index < -0.39 is 15.9 Å². The summed E-state index contributed by atoms with van der Waals surface area (Å²) in [5.74, 6) is -0.635. The predicted octanol–water partition coefficient (Wildman–Crippen LogP) is 2.77. The van der Waals surface area contributed by atoms with Gasteiger partial charge in [-0.3, -0.25) is 18.7 Å². The molecule has 1 fully saturated rings. The van der Waals surface area contributed by atoms with E-state index >= 15 is 0 Å². The second-order valence-electron chi connectivity index (χ2n) is 8.90. The molecule has 0 saturated carbocycles. The van der Waals surface area contributed by atoms with E-state index in [1.54, 1.807) is 34.9 Å². The van der Waals surface area contributed by atoms with Crippen LogP contribution in [0.2, 0.25) is 0 Å². The minimum absolute atomic E-state index is 0.107. The highest BCUT2D eigenvalue weighted by Gasteiger charge is 2.28. The highest BCUT2D eigenvalue weighted by atomic mass is 32.2. The zero-order valence-electron chi connectivity index (χ0n) is 19.9. The Bertz CT molecular complexity index is 1430. The van der Waals surface area contributed by atoms with Crippen molar-refractivity contribution in [3.8, 4) is 0 Å². The van der Waals surface area contributed by atoms with E-state index in [-0.39, 0.29) is 29.1 Å². The maximum absolute atomic E-state index is 13.2. The van der Waals surface area contributed by atoms with E-state index in [9.17, 15) is 22.8 Å². The van der Waals surface area contributed by atoms with Gasteiger partial charge in [-0.15, -0.1) is 0 Å². The van der Waals surface area contributed by atoms with Gasteiger partial charge in [-0.2, -0.15) is 4.31 Å². The Kier molecular flexibility index (Phi) is 6.82. The molecular formula is C24H29N5O5S. The van der Waals surface area contributed by atoms with Crippen LogP contribution in [0.25, 0.3) is 11.0 Å². The zero-order valence-corrected chi connectivity index (χ0v) is 20.8. The average Bonchev–Trinajstić information content (AvgIpc) is 3.42. The fourth-order valence-electron chi connectivity index (χ4n) is 4.33. The van der Waals surface area contributed by atoms with Gasteiger partial charge in [0.2, 0.25) is 21.8 Å². The molecule has 0 spiro atoms. The summed E-state index contributed by atoms with van der Waals surface area (Å²) >= 11 is 0. The Labute approximate surface area is 203 Å². The van der Waals surface area contributed by atoms with Gasteiger partial charge in [0.25, 0.3) is 0 Å². The quantitative estimate of drug-likeness (QED) is 0.518. The molecule has 0 atom stereocenters. The first-order valence-corrected chi connectivity index (χ1v) is 12.9. The zero-order chi connectivity index (χ0) is 25.3. The Morgan fingerprint density at radius 2 is 1.54 bits per heavy atom. The van der Waals surface area contributed by atoms with E-state index in [1.165, 1.54) is 27.9 Å². The smallest absolute Gasteiger partial charge is 0.326 e. The molecule has 2 aromatic carbocycles. The van der Waals surface area contributed by atoms with Crippen molar-refractivity contribution in [2.45, 2.75) is 51.1 Å². The van der Waals surface area contributed by atoms with Crippen LogP contribution in [-0.2, 0) is 26.2 Å². The molecule has 0 radical (unpaired) electrons. The number of hydrogen-bond acceptors (Lipinski definition) is 5. The van der Waals surface area contributed by atoms with Crippen LogP contribution < -0.4 is 16.3 Å². The number of nitrogens with zero attached hydrogens (tertiary/aromatic N) is 3. The van der Waals surface area contributed by atoms with Gasteiger partial charge < -0.3 is 10.6 Å². The van der Waals surface area contributed by atoms with Crippen LogP contribution in [0.15, 0.2) is 52.2 Å². The summed E-state index contributed by atoms with van der Waals surface area (Å²) in [5.41, 5.74) is 1.67. The number of nitrogens with one attached hydrogen (secondary N) is 2. The average molecular weight is 500 g/mol. The topological polar surface area (TPSA) is 123 Å². The first kappa shape index (κ1) is 24.7. The first-order valence-electron chi connectivity index (χ1n) is 11.5. The molecule has 35 heavy (non-hydrogen) atoms. The molecular weight excluding hydrogens is 470 g/mol. The predicted molar refractivity (Wildman–Crippen MR) is 134 cm³/mol. The number of benzene rings is 2. The molecule has 1 aliphatic rings. The number of aromatic nitrogens is 2.